The molecule has 7 heteroatoms. The highest BCUT2D eigenvalue weighted by Gasteiger charge is 2.23. The number of benzene rings is 2. The van der Waals surface area contributed by atoms with Crippen LogP contribution in [0.4, 0.5) is 5.69 Å². The molecule has 0 radical (unpaired) electrons. The molecular weight excluding hydrogens is 388 g/mol. The summed E-state index contributed by atoms with van der Waals surface area (Å²) in [5.41, 5.74) is 2.98. The van der Waals surface area contributed by atoms with Crippen molar-refractivity contribution < 1.29 is 4.79 Å². The monoisotopic (exact) mass is 422 g/mol. The summed E-state index contributed by atoms with van der Waals surface area (Å²) < 4.78 is 0. The summed E-state index contributed by atoms with van der Waals surface area (Å²) in [6.45, 7) is 4.04. The van der Waals surface area contributed by atoms with Gasteiger partial charge in [-0.2, -0.15) is 0 Å². The lowest BCUT2D eigenvalue weighted by atomic mass is 10.1. The van der Waals surface area contributed by atoms with Crippen molar-refractivity contribution in [3.63, 3.8) is 0 Å². The molecule has 1 aliphatic rings. The van der Waals surface area contributed by atoms with Crippen molar-refractivity contribution in [1.29, 1.82) is 0 Å². The Bertz CT molecular complexity index is 867. The van der Waals surface area contributed by atoms with Gasteiger partial charge in [-0.05, 0) is 50.3 Å². The Kier molecular flexibility index (Phi) is 8.29. The molecule has 0 aromatic heterocycles. The summed E-state index contributed by atoms with van der Waals surface area (Å²) in [5, 5.41) is 9.86. The van der Waals surface area contributed by atoms with Gasteiger partial charge in [0, 0.05) is 57.1 Å². The van der Waals surface area contributed by atoms with Crippen LogP contribution < -0.4 is 20.9 Å². The van der Waals surface area contributed by atoms with E-state index < -0.39 is 0 Å². The number of guanidine groups is 1. The van der Waals surface area contributed by atoms with Gasteiger partial charge in [-0.15, -0.1) is 0 Å². The van der Waals surface area contributed by atoms with Gasteiger partial charge in [-0.25, -0.2) is 0 Å². The van der Waals surface area contributed by atoms with Gasteiger partial charge in [0.25, 0.3) is 5.91 Å². The molecule has 3 rings (SSSR count). The van der Waals surface area contributed by atoms with Crippen LogP contribution in [0.15, 0.2) is 59.6 Å². The van der Waals surface area contributed by atoms with E-state index in [2.05, 4.69) is 50.1 Å². The van der Waals surface area contributed by atoms with Crippen LogP contribution in [0.2, 0.25) is 0 Å². The smallest absolute Gasteiger partial charge is 0.251 e. The normalized spacial score (nSPS) is 16.5. The molecule has 1 fully saturated rings. The predicted octanol–water partition coefficient (Wildman–Crippen LogP) is 1.92. The van der Waals surface area contributed by atoms with E-state index in [1.54, 1.807) is 7.05 Å². The molecule has 2 aromatic carbocycles. The van der Waals surface area contributed by atoms with E-state index >= 15 is 0 Å². The molecule has 1 unspecified atom stereocenters. The van der Waals surface area contributed by atoms with Crippen LogP contribution in [-0.2, 0) is 6.54 Å². The van der Waals surface area contributed by atoms with Gasteiger partial charge in [0.05, 0.1) is 0 Å². The van der Waals surface area contributed by atoms with Gasteiger partial charge >= 0.3 is 0 Å². The van der Waals surface area contributed by atoms with Crippen molar-refractivity contribution in [3.8, 4) is 0 Å². The minimum Gasteiger partial charge on any atom is -0.369 e. The Labute approximate surface area is 185 Å². The quantitative estimate of drug-likeness (QED) is 0.448. The first-order chi connectivity index (χ1) is 15.0. The molecule has 1 amide bonds. The zero-order chi connectivity index (χ0) is 22.1. The van der Waals surface area contributed by atoms with Gasteiger partial charge in [0.1, 0.15) is 0 Å². The van der Waals surface area contributed by atoms with Crippen LogP contribution in [0.1, 0.15) is 22.3 Å². The maximum atomic E-state index is 12.4. The first-order valence-corrected chi connectivity index (χ1v) is 10.8. The summed E-state index contributed by atoms with van der Waals surface area (Å²) in [5.74, 6) is 0.735. The number of rotatable bonds is 8. The molecule has 0 bridgehead atoms. The average Bonchev–Trinajstić information content (AvgIpc) is 3.25. The zero-order valence-corrected chi connectivity index (χ0v) is 18.8. The third-order valence-corrected chi connectivity index (χ3v) is 5.37. The second-order valence-corrected chi connectivity index (χ2v) is 8.10. The van der Waals surface area contributed by atoms with Crippen LogP contribution in [0.25, 0.3) is 0 Å². The van der Waals surface area contributed by atoms with E-state index in [4.69, 9.17) is 0 Å². The molecule has 1 saturated heterocycles. The molecule has 3 N–H and O–H groups in total. The fraction of sp³-hybridized carbons (Fsp3) is 0.417. The molecule has 166 valence electrons. The van der Waals surface area contributed by atoms with Crippen molar-refractivity contribution in [2.24, 2.45) is 4.99 Å². The Morgan fingerprint density at radius 2 is 1.94 bits per heavy atom. The number of anilines is 1. The molecule has 2 aromatic rings. The lowest BCUT2D eigenvalue weighted by Crippen LogP contribution is -2.44. The minimum absolute atomic E-state index is 0.0434. The molecule has 0 aliphatic carbocycles. The second-order valence-electron chi connectivity index (χ2n) is 8.10. The highest BCUT2D eigenvalue weighted by atomic mass is 16.1. The second kappa shape index (κ2) is 11.4. The van der Waals surface area contributed by atoms with Gasteiger partial charge in [-0.1, -0.05) is 30.3 Å². The van der Waals surface area contributed by atoms with Crippen LogP contribution in [0, 0.1) is 0 Å². The van der Waals surface area contributed by atoms with Gasteiger partial charge < -0.3 is 25.8 Å². The molecule has 1 aliphatic heterocycles. The van der Waals surface area contributed by atoms with Crippen molar-refractivity contribution in [3.05, 3.63) is 65.7 Å². The molecule has 7 nitrogen and oxygen atoms in total. The number of para-hydroxylation sites is 1. The van der Waals surface area contributed by atoms with Crippen LogP contribution in [0.3, 0.4) is 0 Å². The third kappa shape index (κ3) is 7.00. The number of nitrogens with zero attached hydrogens (tertiary/aromatic N) is 3. The molecule has 0 spiro atoms. The van der Waals surface area contributed by atoms with Crippen molar-refractivity contribution >= 4 is 17.6 Å². The number of likely N-dealkylation sites (N-methyl/N-ethyl adjacent to an activating group) is 1. The van der Waals surface area contributed by atoms with E-state index in [0.29, 0.717) is 24.7 Å². The van der Waals surface area contributed by atoms with Crippen molar-refractivity contribution in [2.45, 2.75) is 19.0 Å². The van der Waals surface area contributed by atoms with Gasteiger partial charge in [0.2, 0.25) is 0 Å². The Balaban J connectivity index is 1.48. The number of hydrogen-bond acceptors (Lipinski definition) is 4. The minimum atomic E-state index is -0.0434. The standard InChI is InChI=1S/C24H34N6O/c1-25-24(28-21-12-14-30(18-21)22-10-5-4-6-11-22)27-17-19-8-7-9-20(16-19)23(31)26-13-15-29(2)3/h4-11,16,21H,12-15,17-18H2,1-3H3,(H,26,31)(H2,25,27,28). The largest absolute Gasteiger partial charge is 0.369 e. The van der Waals surface area contributed by atoms with E-state index in [1.807, 2.05) is 49.3 Å². The first-order valence-electron chi connectivity index (χ1n) is 10.8. The first kappa shape index (κ1) is 22.6. The SMILES string of the molecule is CN=C(NCc1cccc(C(=O)NCCN(C)C)c1)NC1CCN(c2ccccc2)C1. The molecule has 31 heavy (non-hydrogen) atoms. The fourth-order valence-electron chi connectivity index (χ4n) is 3.64. The van der Waals surface area contributed by atoms with E-state index in [-0.39, 0.29) is 5.91 Å². The number of aliphatic imine (C=N–C) groups is 1. The van der Waals surface area contributed by atoms with Gasteiger partial charge in [-0.3, -0.25) is 9.79 Å². The molecule has 1 atom stereocenters. The summed E-state index contributed by atoms with van der Waals surface area (Å²) in [6, 6.07) is 18.6. The van der Waals surface area contributed by atoms with Crippen LogP contribution in [-0.4, -0.2) is 70.1 Å². The number of amides is 1. The molecular formula is C24H34N6O. The predicted molar refractivity (Wildman–Crippen MR) is 128 cm³/mol. The lowest BCUT2D eigenvalue weighted by molar-refractivity contribution is 0.0951. The number of hydrogen-bond donors (Lipinski definition) is 3. The summed E-state index contributed by atoms with van der Waals surface area (Å²) in [7, 11) is 5.77. The third-order valence-electron chi connectivity index (χ3n) is 5.37. The highest BCUT2D eigenvalue weighted by molar-refractivity contribution is 5.94. The fourth-order valence-corrected chi connectivity index (χ4v) is 3.64. The summed E-state index contributed by atoms with van der Waals surface area (Å²) in [6.07, 6.45) is 1.07. The van der Waals surface area contributed by atoms with Crippen LogP contribution >= 0.6 is 0 Å². The topological polar surface area (TPSA) is 72.0 Å². The molecule has 1 heterocycles. The highest BCUT2D eigenvalue weighted by Crippen LogP contribution is 2.19. The van der Waals surface area contributed by atoms with Crippen molar-refractivity contribution in [2.75, 3.05) is 52.2 Å². The van der Waals surface area contributed by atoms with Crippen molar-refractivity contribution in [1.82, 2.24) is 20.9 Å². The van der Waals surface area contributed by atoms with Crippen LogP contribution in [0.5, 0.6) is 0 Å². The zero-order valence-electron chi connectivity index (χ0n) is 18.8. The van der Waals surface area contributed by atoms with Gasteiger partial charge in [0.15, 0.2) is 5.96 Å². The maximum Gasteiger partial charge on any atom is 0.251 e. The Hall–Kier alpha value is -3.06. The maximum absolute atomic E-state index is 12.4. The molecule has 0 saturated carbocycles. The van der Waals surface area contributed by atoms with E-state index in [0.717, 1.165) is 37.6 Å². The van der Waals surface area contributed by atoms with E-state index in [1.165, 1.54) is 5.69 Å². The Morgan fingerprint density at radius 3 is 2.68 bits per heavy atom. The number of carbonyl (C=O) groups is 1. The average molecular weight is 423 g/mol. The lowest BCUT2D eigenvalue weighted by Gasteiger charge is -2.20. The Morgan fingerprint density at radius 1 is 1.13 bits per heavy atom. The summed E-state index contributed by atoms with van der Waals surface area (Å²) >= 11 is 0. The summed E-state index contributed by atoms with van der Waals surface area (Å²) in [4.78, 5) is 21.2. The van der Waals surface area contributed by atoms with E-state index in [9.17, 15) is 4.79 Å². The number of nitrogens with one attached hydrogen (secondary N) is 3. The number of carbonyl (C=O) groups excluding carboxylic acids is 1.